The number of hydrogen-bond donors (Lipinski definition) is 0. The lowest BCUT2D eigenvalue weighted by Crippen LogP contribution is -1.96. The quantitative estimate of drug-likeness (QED) is 0.663. The summed E-state index contributed by atoms with van der Waals surface area (Å²) in [5.74, 6) is -0.635. The van der Waals surface area contributed by atoms with Crippen LogP contribution >= 0.6 is 23.2 Å². The van der Waals surface area contributed by atoms with Gasteiger partial charge < -0.3 is 4.74 Å². The van der Waals surface area contributed by atoms with E-state index in [1.54, 1.807) is 0 Å². The van der Waals surface area contributed by atoms with E-state index in [9.17, 15) is 9.18 Å². The van der Waals surface area contributed by atoms with Gasteiger partial charge in [-0.25, -0.2) is 9.18 Å². The Morgan fingerprint density at radius 1 is 1.50 bits per heavy atom. The predicted octanol–water partition coefficient (Wildman–Crippen LogP) is 3.22. The molecule has 0 saturated heterocycles. The van der Waals surface area contributed by atoms with E-state index in [-0.39, 0.29) is 10.8 Å². The van der Waals surface area contributed by atoms with Crippen LogP contribution in [-0.4, -0.2) is 5.43 Å². The second kappa shape index (κ2) is 3.74. The van der Waals surface area contributed by atoms with Crippen molar-refractivity contribution in [1.29, 1.82) is 0 Å². The van der Waals surface area contributed by atoms with Crippen molar-refractivity contribution in [2.24, 2.45) is 0 Å². The number of carbonyl (C=O) groups is 1. The molecule has 0 saturated carbocycles. The highest BCUT2D eigenvalue weighted by atomic mass is 35.5. The first-order valence-electron chi connectivity index (χ1n) is 2.92. The molecule has 0 spiro atoms. The summed E-state index contributed by atoms with van der Waals surface area (Å²) in [6.45, 7) is 0. The molecule has 1 aromatic rings. The Morgan fingerprint density at radius 2 is 2.17 bits per heavy atom. The molecule has 0 fully saturated rings. The summed E-state index contributed by atoms with van der Waals surface area (Å²) in [5, 5.41) is -0.0376. The van der Waals surface area contributed by atoms with Crippen LogP contribution in [0.2, 0.25) is 5.02 Å². The minimum absolute atomic E-state index is 0.0249. The monoisotopic (exact) mass is 208 g/mol. The van der Waals surface area contributed by atoms with Crippen molar-refractivity contribution in [2.75, 3.05) is 0 Å². The fraction of sp³-hybridized carbons (Fsp3) is 0. The van der Waals surface area contributed by atoms with E-state index in [4.69, 9.17) is 23.2 Å². The molecule has 1 aromatic carbocycles. The number of rotatable bonds is 1. The number of carbonyl (C=O) groups excluding carboxylic acids is 1. The highest BCUT2D eigenvalue weighted by molar-refractivity contribution is 6.61. The van der Waals surface area contributed by atoms with Crippen LogP contribution in [0.1, 0.15) is 0 Å². The molecule has 0 aliphatic rings. The zero-order chi connectivity index (χ0) is 9.14. The average molecular weight is 209 g/mol. The van der Waals surface area contributed by atoms with Gasteiger partial charge in [-0.2, -0.15) is 0 Å². The molecule has 0 unspecified atom stereocenters. The van der Waals surface area contributed by atoms with E-state index in [2.05, 4.69) is 4.74 Å². The molecule has 0 aromatic heterocycles. The molecule has 12 heavy (non-hydrogen) atoms. The van der Waals surface area contributed by atoms with Gasteiger partial charge in [0.2, 0.25) is 0 Å². The summed E-state index contributed by atoms with van der Waals surface area (Å²) in [5.41, 5.74) is -1.02. The molecular formula is C7H3Cl2FO2. The van der Waals surface area contributed by atoms with Crippen LogP contribution in [0.3, 0.4) is 0 Å². The van der Waals surface area contributed by atoms with Crippen molar-refractivity contribution in [3.05, 3.63) is 29.0 Å². The maximum atomic E-state index is 12.7. The van der Waals surface area contributed by atoms with Crippen molar-refractivity contribution >= 4 is 28.6 Å². The summed E-state index contributed by atoms with van der Waals surface area (Å²) in [7, 11) is 0. The Bertz CT molecular complexity index is 314. The zero-order valence-electron chi connectivity index (χ0n) is 5.68. The molecule has 1 rings (SSSR count). The van der Waals surface area contributed by atoms with Gasteiger partial charge in [0, 0.05) is 17.7 Å². The van der Waals surface area contributed by atoms with E-state index in [0.717, 1.165) is 6.07 Å². The van der Waals surface area contributed by atoms with Gasteiger partial charge in [0.05, 0.1) is 5.02 Å². The largest absolute Gasteiger partial charge is 0.414 e. The van der Waals surface area contributed by atoms with Crippen LogP contribution in [-0.2, 0) is 0 Å². The molecule has 5 heteroatoms. The summed E-state index contributed by atoms with van der Waals surface area (Å²) in [6, 6.07) is 3.58. The smallest absolute Gasteiger partial charge is 0.409 e. The predicted molar refractivity (Wildman–Crippen MR) is 43.3 cm³/mol. The highest BCUT2D eigenvalue weighted by Gasteiger charge is 2.04. The normalized spacial score (nSPS) is 9.58. The Balaban J connectivity index is 2.89. The minimum Gasteiger partial charge on any atom is -0.414 e. The van der Waals surface area contributed by atoms with Gasteiger partial charge in [0.15, 0.2) is 0 Å². The minimum atomic E-state index is -1.02. The molecule has 0 radical (unpaired) electrons. The van der Waals surface area contributed by atoms with Crippen molar-refractivity contribution in [2.45, 2.75) is 0 Å². The summed E-state index contributed by atoms with van der Waals surface area (Å²) < 4.78 is 17.0. The molecule has 0 heterocycles. The average Bonchev–Trinajstić information content (AvgIpc) is 1.96. The number of hydrogen-bond acceptors (Lipinski definition) is 2. The van der Waals surface area contributed by atoms with Crippen molar-refractivity contribution < 1.29 is 13.9 Å². The Labute approximate surface area is 77.8 Å². The maximum Gasteiger partial charge on any atom is 0.409 e. The Kier molecular flexibility index (Phi) is 2.89. The number of halogens is 3. The molecule has 0 atom stereocenters. The molecule has 0 aliphatic heterocycles. The van der Waals surface area contributed by atoms with Gasteiger partial charge in [-0.15, -0.1) is 0 Å². The molecular weight excluding hydrogens is 206 g/mol. The summed E-state index contributed by atoms with van der Waals surface area (Å²) in [4.78, 5) is 10.2. The van der Waals surface area contributed by atoms with E-state index >= 15 is 0 Å². The van der Waals surface area contributed by atoms with E-state index < -0.39 is 11.2 Å². The van der Waals surface area contributed by atoms with Crippen LogP contribution in [0.25, 0.3) is 0 Å². The van der Waals surface area contributed by atoms with E-state index in [1.165, 1.54) is 12.1 Å². The topological polar surface area (TPSA) is 26.3 Å². The lowest BCUT2D eigenvalue weighted by atomic mass is 10.3. The van der Waals surface area contributed by atoms with Crippen molar-refractivity contribution in [3.8, 4) is 5.75 Å². The van der Waals surface area contributed by atoms with Crippen molar-refractivity contribution in [1.82, 2.24) is 0 Å². The van der Waals surface area contributed by atoms with Gasteiger partial charge in [0.25, 0.3) is 0 Å². The van der Waals surface area contributed by atoms with Gasteiger partial charge in [-0.3, -0.25) is 0 Å². The fourth-order valence-corrected chi connectivity index (χ4v) is 0.840. The van der Waals surface area contributed by atoms with E-state index in [0.29, 0.717) is 0 Å². The van der Waals surface area contributed by atoms with Crippen LogP contribution < -0.4 is 4.74 Å². The maximum absolute atomic E-state index is 12.7. The van der Waals surface area contributed by atoms with Crippen LogP contribution in [0.4, 0.5) is 9.18 Å². The third-order valence-corrected chi connectivity index (χ3v) is 1.47. The van der Waals surface area contributed by atoms with Crippen LogP contribution in [0, 0.1) is 5.82 Å². The number of ether oxygens (including phenoxy) is 1. The molecule has 0 bridgehead atoms. The summed E-state index contributed by atoms with van der Waals surface area (Å²) in [6.07, 6.45) is 0. The summed E-state index contributed by atoms with van der Waals surface area (Å²) >= 11 is 10.3. The molecule has 0 amide bonds. The zero-order valence-corrected chi connectivity index (χ0v) is 7.19. The third kappa shape index (κ3) is 2.36. The fourth-order valence-electron chi connectivity index (χ4n) is 0.633. The van der Waals surface area contributed by atoms with E-state index in [1.807, 2.05) is 0 Å². The highest BCUT2D eigenvalue weighted by Crippen LogP contribution is 2.20. The molecule has 0 N–H and O–H groups in total. The second-order valence-corrected chi connectivity index (χ2v) is 2.63. The number of benzene rings is 1. The van der Waals surface area contributed by atoms with Gasteiger partial charge >= 0.3 is 5.43 Å². The van der Waals surface area contributed by atoms with Crippen LogP contribution in [0.5, 0.6) is 5.75 Å². The SMILES string of the molecule is O=C(Cl)Oc1ccc(Cl)c(F)c1. The van der Waals surface area contributed by atoms with Gasteiger partial charge in [0.1, 0.15) is 11.6 Å². The third-order valence-electron chi connectivity index (χ3n) is 1.09. The van der Waals surface area contributed by atoms with Gasteiger partial charge in [-0.1, -0.05) is 11.6 Å². The standard InChI is InChI=1S/C7H3Cl2FO2/c8-5-2-1-4(3-6(5)10)12-7(9)11/h1-3H. The van der Waals surface area contributed by atoms with Gasteiger partial charge in [-0.05, 0) is 12.1 Å². The lowest BCUT2D eigenvalue weighted by Gasteiger charge is -1.99. The van der Waals surface area contributed by atoms with Crippen molar-refractivity contribution in [3.63, 3.8) is 0 Å². The first-order valence-corrected chi connectivity index (χ1v) is 3.67. The Morgan fingerprint density at radius 3 is 2.67 bits per heavy atom. The Hall–Kier alpha value is -0.800. The second-order valence-electron chi connectivity index (χ2n) is 1.92. The molecule has 2 nitrogen and oxygen atoms in total. The van der Waals surface area contributed by atoms with Crippen LogP contribution in [0.15, 0.2) is 18.2 Å². The lowest BCUT2D eigenvalue weighted by molar-refractivity contribution is 0.225. The molecule has 64 valence electrons. The first-order chi connectivity index (χ1) is 5.59. The molecule has 0 aliphatic carbocycles. The first kappa shape index (κ1) is 9.29.